The van der Waals surface area contributed by atoms with Gasteiger partial charge in [-0.25, -0.2) is 4.57 Å². The lowest BCUT2D eigenvalue weighted by Crippen LogP contribution is -2.05. The fourth-order valence-electron chi connectivity index (χ4n) is 3.44. The van der Waals surface area contributed by atoms with Gasteiger partial charge in [-0.05, 0) is 31.4 Å². The summed E-state index contributed by atoms with van der Waals surface area (Å²) >= 11 is 0. The summed E-state index contributed by atoms with van der Waals surface area (Å²) in [4.78, 5) is 0. The first-order chi connectivity index (χ1) is 14.1. The van der Waals surface area contributed by atoms with Gasteiger partial charge in [-0.1, -0.05) is 109 Å². The normalized spacial score (nSPS) is 13.3. The molecule has 0 N–H and O–H groups in total. The summed E-state index contributed by atoms with van der Waals surface area (Å²) in [6.45, 7) is 6.88. The van der Waals surface area contributed by atoms with Crippen LogP contribution in [0, 0.1) is 6.92 Å². The molecule has 0 aliphatic rings. The monoisotopic (exact) mass is 424 g/mol. The predicted molar refractivity (Wildman–Crippen MR) is 126 cm³/mol. The second-order valence-electron chi connectivity index (χ2n) is 8.27. The zero-order chi connectivity index (χ0) is 21.2. The molecular formula is C25H45O3P. The molecule has 29 heavy (non-hydrogen) atoms. The molecule has 0 aromatic heterocycles. The van der Waals surface area contributed by atoms with E-state index in [0.717, 1.165) is 31.2 Å². The molecule has 1 rings (SSSR count). The molecule has 0 fully saturated rings. The van der Waals surface area contributed by atoms with Gasteiger partial charge >= 0.3 is 7.60 Å². The van der Waals surface area contributed by atoms with Gasteiger partial charge in [0.2, 0.25) is 0 Å². The molecule has 0 aliphatic heterocycles. The van der Waals surface area contributed by atoms with Crippen molar-refractivity contribution in [3.05, 3.63) is 29.8 Å². The number of para-hydroxylation sites is 1. The van der Waals surface area contributed by atoms with E-state index in [-0.39, 0.29) is 0 Å². The number of hydrogen-bond donors (Lipinski definition) is 0. The second kappa shape index (κ2) is 16.9. The summed E-state index contributed by atoms with van der Waals surface area (Å²) in [7, 11) is -3.07. The van der Waals surface area contributed by atoms with E-state index in [1.54, 1.807) is 0 Å². The molecule has 0 heterocycles. The average molecular weight is 425 g/mol. The molecule has 3 nitrogen and oxygen atoms in total. The van der Waals surface area contributed by atoms with E-state index in [9.17, 15) is 4.57 Å². The first kappa shape index (κ1) is 26.2. The van der Waals surface area contributed by atoms with Crippen molar-refractivity contribution < 1.29 is 13.6 Å². The third-order valence-corrected chi connectivity index (χ3v) is 7.32. The Morgan fingerprint density at radius 3 is 1.79 bits per heavy atom. The number of benzene rings is 1. The molecule has 0 saturated heterocycles. The van der Waals surface area contributed by atoms with Crippen LogP contribution >= 0.6 is 7.60 Å². The molecular weight excluding hydrogens is 379 g/mol. The van der Waals surface area contributed by atoms with Crippen LogP contribution in [-0.2, 0) is 9.09 Å². The third kappa shape index (κ3) is 13.2. The van der Waals surface area contributed by atoms with Crippen molar-refractivity contribution in [1.29, 1.82) is 0 Å². The molecule has 0 amide bonds. The molecule has 0 spiro atoms. The van der Waals surface area contributed by atoms with E-state index >= 15 is 0 Å². The Labute approximate surface area is 180 Å². The van der Waals surface area contributed by atoms with Crippen LogP contribution in [0.1, 0.15) is 109 Å². The molecule has 0 saturated carbocycles. The lowest BCUT2D eigenvalue weighted by Gasteiger charge is -2.20. The van der Waals surface area contributed by atoms with Crippen molar-refractivity contribution >= 4 is 7.60 Å². The van der Waals surface area contributed by atoms with E-state index in [4.69, 9.17) is 9.05 Å². The van der Waals surface area contributed by atoms with Gasteiger partial charge in [0.05, 0.1) is 12.8 Å². The quantitative estimate of drug-likeness (QED) is 0.164. The van der Waals surface area contributed by atoms with Crippen molar-refractivity contribution in [2.24, 2.45) is 0 Å². The van der Waals surface area contributed by atoms with Crippen molar-refractivity contribution in [3.63, 3.8) is 0 Å². The second-order valence-corrected chi connectivity index (χ2v) is 10.4. The smallest absolute Gasteiger partial charge is 0.379 e. The third-order valence-electron chi connectivity index (χ3n) is 5.40. The van der Waals surface area contributed by atoms with Crippen molar-refractivity contribution in [2.45, 2.75) is 111 Å². The van der Waals surface area contributed by atoms with Crippen LogP contribution in [0.15, 0.2) is 24.3 Å². The number of aryl methyl sites for hydroxylation is 1. The molecule has 4 heteroatoms. The van der Waals surface area contributed by atoms with Gasteiger partial charge in [-0.3, -0.25) is 4.52 Å². The maximum atomic E-state index is 13.2. The Hall–Kier alpha value is -0.790. The molecule has 0 radical (unpaired) electrons. The summed E-state index contributed by atoms with van der Waals surface area (Å²) in [6, 6.07) is 7.73. The van der Waals surface area contributed by atoms with Crippen molar-refractivity contribution in [2.75, 3.05) is 12.8 Å². The average Bonchev–Trinajstić information content (AvgIpc) is 2.72. The minimum Gasteiger partial charge on any atom is -0.424 e. The Morgan fingerprint density at radius 1 is 0.724 bits per heavy atom. The highest BCUT2D eigenvalue weighted by molar-refractivity contribution is 7.54. The fraction of sp³-hybridized carbons (Fsp3) is 0.760. The van der Waals surface area contributed by atoms with Gasteiger partial charge in [0.1, 0.15) is 5.75 Å². The summed E-state index contributed by atoms with van der Waals surface area (Å²) in [5, 5.41) is 0. The molecule has 0 bridgehead atoms. The van der Waals surface area contributed by atoms with E-state index in [0.29, 0.717) is 18.5 Å². The number of rotatable bonds is 19. The van der Waals surface area contributed by atoms with Crippen LogP contribution < -0.4 is 4.52 Å². The van der Waals surface area contributed by atoms with Gasteiger partial charge in [0.25, 0.3) is 0 Å². The minimum atomic E-state index is -3.07. The number of hydrogen-bond acceptors (Lipinski definition) is 3. The largest absolute Gasteiger partial charge is 0.424 e. The summed E-state index contributed by atoms with van der Waals surface area (Å²) in [6.07, 6.45) is 18.1. The fourth-order valence-corrected chi connectivity index (χ4v) is 5.33. The molecule has 168 valence electrons. The zero-order valence-corrected chi connectivity index (χ0v) is 20.2. The maximum absolute atomic E-state index is 13.2. The van der Waals surface area contributed by atoms with E-state index in [1.165, 1.54) is 64.2 Å². The first-order valence-corrected chi connectivity index (χ1v) is 13.8. The summed E-state index contributed by atoms with van der Waals surface area (Å²) < 4.78 is 24.8. The lowest BCUT2D eigenvalue weighted by atomic mass is 10.1. The van der Waals surface area contributed by atoms with Crippen LogP contribution in [-0.4, -0.2) is 12.8 Å². The van der Waals surface area contributed by atoms with Crippen LogP contribution in [0.5, 0.6) is 5.75 Å². The molecule has 1 aromatic carbocycles. The topological polar surface area (TPSA) is 35.5 Å². The molecule has 1 aromatic rings. The van der Waals surface area contributed by atoms with Crippen LogP contribution in [0.4, 0.5) is 0 Å². The lowest BCUT2D eigenvalue weighted by molar-refractivity contribution is 0.256. The standard InChI is InChI=1S/C25H45O3P/c1-4-6-8-9-10-11-12-13-14-15-16-19-22-27-29(26,23-7-5-2)28-25-21-18-17-20-24(25)3/h17-18,20-21H,4-16,19,22-23H2,1-3H3. The van der Waals surface area contributed by atoms with Gasteiger partial charge in [-0.15, -0.1) is 0 Å². The van der Waals surface area contributed by atoms with Crippen LogP contribution in [0.25, 0.3) is 0 Å². The molecule has 1 atom stereocenters. The molecule has 0 aliphatic carbocycles. The first-order valence-electron chi connectivity index (χ1n) is 12.1. The molecule has 1 unspecified atom stereocenters. The van der Waals surface area contributed by atoms with E-state index in [2.05, 4.69) is 13.8 Å². The van der Waals surface area contributed by atoms with Gasteiger partial charge in [-0.2, -0.15) is 0 Å². The maximum Gasteiger partial charge on any atom is 0.379 e. The van der Waals surface area contributed by atoms with Crippen LogP contribution in [0.3, 0.4) is 0 Å². The SMILES string of the molecule is CCCCCCCCCCCCCCOP(=O)(CCCC)Oc1ccccc1C. The van der Waals surface area contributed by atoms with Crippen molar-refractivity contribution in [1.82, 2.24) is 0 Å². The predicted octanol–water partition coefficient (Wildman–Crippen LogP) is 9.08. The zero-order valence-electron chi connectivity index (χ0n) is 19.3. The van der Waals surface area contributed by atoms with E-state index < -0.39 is 7.60 Å². The Kier molecular flexibility index (Phi) is 15.3. The Bertz CT molecular complexity index is 559. The number of unbranched alkanes of at least 4 members (excludes halogenated alkanes) is 12. The highest BCUT2D eigenvalue weighted by Crippen LogP contribution is 2.49. The Balaban J connectivity index is 2.15. The van der Waals surface area contributed by atoms with Gasteiger partial charge in [0, 0.05) is 0 Å². The minimum absolute atomic E-state index is 0.496. The van der Waals surface area contributed by atoms with Gasteiger partial charge < -0.3 is 4.52 Å². The van der Waals surface area contributed by atoms with Crippen LogP contribution in [0.2, 0.25) is 0 Å². The summed E-state index contributed by atoms with van der Waals surface area (Å²) in [5.74, 6) is 0.682. The highest BCUT2D eigenvalue weighted by atomic mass is 31.2. The highest BCUT2D eigenvalue weighted by Gasteiger charge is 2.26. The van der Waals surface area contributed by atoms with Gasteiger partial charge in [0.15, 0.2) is 0 Å². The summed E-state index contributed by atoms with van der Waals surface area (Å²) in [5.41, 5.74) is 0.998. The van der Waals surface area contributed by atoms with Crippen molar-refractivity contribution in [3.8, 4) is 5.75 Å². The van der Waals surface area contributed by atoms with E-state index in [1.807, 2.05) is 31.2 Å². The Morgan fingerprint density at radius 2 is 1.24 bits per heavy atom.